The molecule has 0 saturated carbocycles. The fraction of sp³-hybridized carbons (Fsp3) is 0.238. The normalized spacial score (nSPS) is 12.0. The Labute approximate surface area is 197 Å². The third kappa shape index (κ3) is 5.05. The number of amides is 2. The lowest BCUT2D eigenvalue weighted by atomic mass is 10.2. The van der Waals surface area contributed by atoms with E-state index < -0.39 is 0 Å². The molecule has 0 spiro atoms. The number of anilines is 1. The van der Waals surface area contributed by atoms with Crippen LogP contribution >= 0.6 is 27.7 Å². The fourth-order valence-corrected chi connectivity index (χ4v) is 3.95. The van der Waals surface area contributed by atoms with E-state index in [1.165, 1.54) is 11.8 Å². The number of hydrogen-bond acceptors (Lipinski definition) is 7. The van der Waals surface area contributed by atoms with Gasteiger partial charge in [0.15, 0.2) is 22.5 Å². The largest absolute Gasteiger partial charge is 0.454 e. The van der Waals surface area contributed by atoms with E-state index in [-0.39, 0.29) is 30.9 Å². The number of aromatic nitrogens is 3. The second-order valence-electron chi connectivity index (χ2n) is 7.01. The Balaban J connectivity index is 1.29. The summed E-state index contributed by atoms with van der Waals surface area (Å²) in [7, 11) is 1.79. The number of rotatable bonds is 7. The number of carbonyl (C=O) groups is 2. The highest BCUT2D eigenvalue weighted by Gasteiger charge is 2.17. The van der Waals surface area contributed by atoms with Gasteiger partial charge < -0.3 is 24.7 Å². The summed E-state index contributed by atoms with van der Waals surface area (Å²) < 4.78 is 13.3. The topological polar surface area (TPSA) is 107 Å². The van der Waals surface area contributed by atoms with Gasteiger partial charge in [-0.1, -0.05) is 27.7 Å². The summed E-state index contributed by atoms with van der Waals surface area (Å²) in [5.41, 5.74) is 2.24. The van der Waals surface area contributed by atoms with Crippen molar-refractivity contribution in [2.45, 2.75) is 18.6 Å². The number of halogens is 1. The van der Waals surface area contributed by atoms with Crippen molar-refractivity contribution in [3.63, 3.8) is 0 Å². The molecule has 2 heterocycles. The molecule has 0 aliphatic carbocycles. The minimum atomic E-state index is -0.260. The Kier molecular flexibility index (Phi) is 6.66. The van der Waals surface area contributed by atoms with Gasteiger partial charge in [-0.2, -0.15) is 0 Å². The Morgan fingerprint density at radius 2 is 1.97 bits per heavy atom. The summed E-state index contributed by atoms with van der Waals surface area (Å²) in [6, 6.07) is 10.6. The molecule has 3 aromatic rings. The fourth-order valence-electron chi connectivity index (χ4n) is 2.97. The quantitative estimate of drug-likeness (QED) is 0.463. The first-order valence-corrected chi connectivity index (χ1v) is 11.4. The predicted octanol–water partition coefficient (Wildman–Crippen LogP) is 3.28. The van der Waals surface area contributed by atoms with E-state index in [1.807, 2.05) is 25.1 Å². The van der Waals surface area contributed by atoms with Crippen molar-refractivity contribution in [2.75, 3.05) is 17.9 Å². The minimum Gasteiger partial charge on any atom is -0.454 e. The average Bonchev–Trinajstić information content (AvgIpc) is 3.39. The molecule has 166 valence electrons. The molecule has 2 N–H and O–H groups in total. The number of hydrogen-bond donors (Lipinski definition) is 2. The number of nitrogens with one attached hydrogen (secondary N) is 2. The van der Waals surface area contributed by atoms with Gasteiger partial charge in [0.1, 0.15) is 0 Å². The maximum Gasteiger partial charge on any atom is 0.251 e. The van der Waals surface area contributed by atoms with Crippen molar-refractivity contribution < 1.29 is 19.1 Å². The van der Waals surface area contributed by atoms with Crippen molar-refractivity contribution in [3.05, 3.63) is 57.8 Å². The number of ether oxygens (including phenoxy) is 2. The maximum absolute atomic E-state index is 12.4. The number of nitrogens with zero attached hydrogens (tertiary/aromatic N) is 3. The third-order valence-corrected chi connectivity index (χ3v) is 6.65. The monoisotopic (exact) mass is 517 g/mol. The second kappa shape index (κ2) is 9.61. The molecule has 4 rings (SSSR count). The Morgan fingerprint density at radius 3 is 2.78 bits per heavy atom. The first kappa shape index (κ1) is 22.2. The number of fused-ring (bicyclic) bond motifs is 1. The first-order chi connectivity index (χ1) is 15.4. The van der Waals surface area contributed by atoms with E-state index in [9.17, 15) is 9.59 Å². The van der Waals surface area contributed by atoms with E-state index in [0.717, 1.165) is 15.7 Å². The smallest absolute Gasteiger partial charge is 0.251 e. The number of carbonyl (C=O) groups excluding carboxylic acids is 2. The van der Waals surface area contributed by atoms with Gasteiger partial charge in [-0.05, 0) is 48.9 Å². The third-order valence-electron chi connectivity index (χ3n) is 4.74. The summed E-state index contributed by atoms with van der Waals surface area (Å²) in [4.78, 5) is 24.7. The molecule has 0 radical (unpaired) electrons. The van der Waals surface area contributed by atoms with Gasteiger partial charge in [-0.25, -0.2) is 0 Å². The Bertz CT molecular complexity index is 1180. The molecule has 11 heteroatoms. The van der Waals surface area contributed by atoms with Gasteiger partial charge in [0.2, 0.25) is 12.7 Å². The molecule has 1 aliphatic rings. The molecule has 1 aliphatic heterocycles. The van der Waals surface area contributed by atoms with Gasteiger partial charge in [0.25, 0.3) is 5.91 Å². The van der Waals surface area contributed by atoms with Crippen LogP contribution in [0.2, 0.25) is 0 Å². The number of aryl methyl sites for hydroxylation is 1. The lowest BCUT2D eigenvalue weighted by molar-refractivity contribution is -0.113. The van der Waals surface area contributed by atoms with Gasteiger partial charge in [0.05, 0.1) is 12.3 Å². The van der Waals surface area contributed by atoms with Crippen LogP contribution < -0.4 is 20.1 Å². The molecule has 0 saturated heterocycles. The Morgan fingerprint density at radius 1 is 1.16 bits per heavy atom. The zero-order valence-electron chi connectivity index (χ0n) is 17.3. The maximum atomic E-state index is 12.4. The summed E-state index contributed by atoms with van der Waals surface area (Å²) >= 11 is 4.71. The molecular weight excluding hydrogens is 498 g/mol. The molecule has 2 aromatic carbocycles. The lowest BCUT2D eigenvalue weighted by Crippen LogP contribution is -2.24. The molecule has 0 unspecified atom stereocenters. The summed E-state index contributed by atoms with van der Waals surface area (Å²) in [6.45, 7) is 2.31. The van der Waals surface area contributed by atoms with E-state index in [4.69, 9.17) is 9.47 Å². The van der Waals surface area contributed by atoms with E-state index in [0.29, 0.717) is 28.0 Å². The van der Waals surface area contributed by atoms with Crippen LogP contribution in [0.15, 0.2) is 46.0 Å². The van der Waals surface area contributed by atoms with Gasteiger partial charge in [-0.3, -0.25) is 9.59 Å². The van der Waals surface area contributed by atoms with Crippen molar-refractivity contribution in [2.24, 2.45) is 7.05 Å². The summed E-state index contributed by atoms with van der Waals surface area (Å²) in [5.74, 6) is 1.53. The Hall–Kier alpha value is -3.05. The van der Waals surface area contributed by atoms with Gasteiger partial charge in [0, 0.05) is 22.8 Å². The number of thioether (sulfide) groups is 1. The highest BCUT2D eigenvalue weighted by molar-refractivity contribution is 9.10. The van der Waals surface area contributed by atoms with Crippen molar-refractivity contribution >= 4 is 45.2 Å². The standard InChI is InChI=1S/C21H20BrN5O4S/c1-12-7-14(4-5-15(12)22)24-19(28)10-32-21-26-25-18(27(21)2)9-23-20(29)13-3-6-16-17(8-13)31-11-30-16/h3-8H,9-11H2,1-2H3,(H,23,29)(H,24,28). The molecule has 32 heavy (non-hydrogen) atoms. The second-order valence-corrected chi connectivity index (χ2v) is 8.81. The number of benzene rings is 2. The molecule has 0 bridgehead atoms. The van der Waals surface area contributed by atoms with Gasteiger partial charge in [-0.15, -0.1) is 10.2 Å². The van der Waals surface area contributed by atoms with Crippen molar-refractivity contribution in [3.8, 4) is 11.5 Å². The molecule has 0 fully saturated rings. The van der Waals surface area contributed by atoms with Gasteiger partial charge >= 0.3 is 0 Å². The highest BCUT2D eigenvalue weighted by atomic mass is 79.9. The van der Waals surface area contributed by atoms with Crippen molar-refractivity contribution in [1.82, 2.24) is 20.1 Å². The van der Waals surface area contributed by atoms with Crippen LogP contribution in [0.1, 0.15) is 21.7 Å². The van der Waals surface area contributed by atoms with E-state index in [1.54, 1.807) is 29.8 Å². The molecular formula is C21H20BrN5O4S. The first-order valence-electron chi connectivity index (χ1n) is 9.65. The lowest BCUT2D eigenvalue weighted by Gasteiger charge is -2.08. The summed E-state index contributed by atoms with van der Waals surface area (Å²) in [6.07, 6.45) is 0. The highest BCUT2D eigenvalue weighted by Crippen LogP contribution is 2.32. The van der Waals surface area contributed by atoms with Crippen LogP contribution in [0.3, 0.4) is 0 Å². The van der Waals surface area contributed by atoms with Crippen LogP contribution in [0.25, 0.3) is 0 Å². The van der Waals surface area contributed by atoms with Crippen LogP contribution in [-0.4, -0.2) is 39.1 Å². The van der Waals surface area contributed by atoms with Crippen molar-refractivity contribution in [1.29, 1.82) is 0 Å². The zero-order chi connectivity index (χ0) is 22.7. The molecule has 0 atom stereocenters. The van der Waals surface area contributed by atoms with E-state index in [2.05, 4.69) is 36.8 Å². The average molecular weight is 518 g/mol. The van der Waals surface area contributed by atoms with Crippen LogP contribution in [-0.2, 0) is 18.4 Å². The van der Waals surface area contributed by atoms with E-state index >= 15 is 0 Å². The van der Waals surface area contributed by atoms with Crippen LogP contribution in [0.4, 0.5) is 5.69 Å². The zero-order valence-corrected chi connectivity index (χ0v) is 19.7. The molecule has 1 aromatic heterocycles. The summed E-state index contributed by atoms with van der Waals surface area (Å²) in [5, 5.41) is 14.5. The molecule has 2 amide bonds. The predicted molar refractivity (Wildman–Crippen MR) is 123 cm³/mol. The minimum absolute atomic E-state index is 0.141. The molecule has 9 nitrogen and oxygen atoms in total. The van der Waals surface area contributed by atoms with Crippen LogP contribution in [0.5, 0.6) is 11.5 Å². The van der Waals surface area contributed by atoms with Crippen LogP contribution in [0, 0.1) is 6.92 Å². The SMILES string of the molecule is Cc1cc(NC(=O)CSc2nnc(CNC(=O)c3ccc4c(c3)OCO4)n2C)ccc1Br.